The number of anilines is 1. The van der Waals surface area contributed by atoms with Crippen LogP contribution >= 0.6 is 0 Å². The molecule has 1 aromatic rings. The van der Waals surface area contributed by atoms with E-state index in [-0.39, 0.29) is 22.9 Å². The lowest BCUT2D eigenvalue weighted by Crippen LogP contribution is -2.62. The van der Waals surface area contributed by atoms with Crippen LogP contribution in [-0.4, -0.2) is 23.4 Å². The molecule has 4 fully saturated rings. The number of hydrogen-bond acceptors (Lipinski definition) is 5. The molecule has 4 aliphatic carbocycles. The molecule has 0 heterocycles. The Kier molecular flexibility index (Phi) is 5.60. The summed E-state index contributed by atoms with van der Waals surface area (Å²) in [7, 11) is 0. The summed E-state index contributed by atoms with van der Waals surface area (Å²) in [6, 6.07) is 5.13. The van der Waals surface area contributed by atoms with E-state index in [2.05, 4.69) is 0 Å². The van der Waals surface area contributed by atoms with Gasteiger partial charge in [-0.15, -0.1) is 0 Å². The van der Waals surface area contributed by atoms with Gasteiger partial charge in [-0.2, -0.15) is 0 Å². The lowest BCUT2D eigenvalue weighted by atomic mass is 9.52. The zero-order valence-electron chi connectivity index (χ0n) is 18.1. The molecule has 4 aliphatic rings. The van der Waals surface area contributed by atoms with E-state index in [1.807, 2.05) is 17.9 Å². The van der Waals surface area contributed by atoms with E-state index in [0.717, 1.165) is 31.4 Å². The normalized spacial score (nSPS) is 28.8. The lowest BCUT2D eigenvalue weighted by molar-refractivity contribution is -0.134. The smallest absolute Gasteiger partial charge is 0.308 e. The Morgan fingerprint density at radius 2 is 1.47 bits per heavy atom. The van der Waals surface area contributed by atoms with Crippen LogP contribution < -0.4 is 14.4 Å². The van der Waals surface area contributed by atoms with Gasteiger partial charge in [0.25, 0.3) is 0 Å². The third kappa shape index (κ3) is 3.96. The van der Waals surface area contributed by atoms with Crippen molar-refractivity contribution in [1.82, 2.24) is 0 Å². The van der Waals surface area contributed by atoms with Crippen molar-refractivity contribution >= 4 is 23.5 Å². The maximum absolute atomic E-state index is 13.4. The number of esters is 2. The van der Waals surface area contributed by atoms with Gasteiger partial charge >= 0.3 is 11.9 Å². The molecule has 162 valence electrons. The van der Waals surface area contributed by atoms with Crippen LogP contribution in [0.25, 0.3) is 0 Å². The standard InChI is InChI=1S/C24H31NO5/c1-4-5-23(28)25(24-12-17-8-18(13-24)10-19(9-17)14-24)20-6-7-21(29-15(2)26)22(11-20)30-16(3)27/h6-7,11,17-19H,4-5,8-10,12-14H2,1-3H3. The van der Waals surface area contributed by atoms with Gasteiger partial charge in [0, 0.05) is 37.6 Å². The predicted molar refractivity (Wildman–Crippen MR) is 112 cm³/mol. The molecule has 6 heteroatoms. The Morgan fingerprint density at radius 1 is 0.933 bits per heavy atom. The third-order valence-corrected chi connectivity index (χ3v) is 6.89. The fraction of sp³-hybridized carbons (Fsp3) is 0.625. The molecule has 0 N–H and O–H groups in total. The van der Waals surface area contributed by atoms with Crippen LogP contribution in [0.2, 0.25) is 0 Å². The Morgan fingerprint density at radius 3 is 1.97 bits per heavy atom. The zero-order chi connectivity index (χ0) is 21.5. The molecule has 1 aromatic carbocycles. The van der Waals surface area contributed by atoms with E-state index in [9.17, 15) is 14.4 Å². The van der Waals surface area contributed by atoms with Crippen molar-refractivity contribution in [3.8, 4) is 11.5 Å². The van der Waals surface area contributed by atoms with E-state index in [1.54, 1.807) is 12.1 Å². The molecule has 0 saturated heterocycles. The molecule has 1 amide bonds. The first-order chi connectivity index (χ1) is 14.3. The topological polar surface area (TPSA) is 72.9 Å². The number of carbonyl (C=O) groups is 3. The third-order valence-electron chi connectivity index (χ3n) is 6.89. The molecular formula is C24H31NO5. The van der Waals surface area contributed by atoms with Gasteiger partial charge in [-0.1, -0.05) is 6.92 Å². The van der Waals surface area contributed by atoms with E-state index >= 15 is 0 Å². The van der Waals surface area contributed by atoms with E-state index in [4.69, 9.17) is 9.47 Å². The maximum Gasteiger partial charge on any atom is 0.308 e. The molecule has 4 bridgehead atoms. The SMILES string of the molecule is CCCC(=O)N(c1ccc(OC(C)=O)c(OC(C)=O)c1)C12CC3CC(CC(C3)C1)C2. The van der Waals surface area contributed by atoms with Crippen LogP contribution in [0.4, 0.5) is 5.69 Å². The highest BCUT2D eigenvalue weighted by Gasteiger charge is 2.55. The van der Waals surface area contributed by atoms with Gasteiger partial charge < -0.3 is 14.4 Å². The number of nitrogens with zero attached hydrogens (tertiary/aromatic N) is 1. The molecule has 0 spiro atoms. The Bertz CT molecular complexity index is 826. The molecule has 6 nitrogen and oxygen atoms in total. The van der Waals surface area contributed by atoms with Crippen LogP contribution in [-0.2, 0) is 14.4 Å². The highest BCUT2D eigenvalue weighted by Crippen LogP contribution is 2.58. The first-order valence-electron chi connectivity index (χ1n) is 11.1. The molecule has 30 heavy (non-hydrogen) atoms. The maximum atomic E-state index is 13.4. The second-order valence-electron chi connectivity index (χ2n) is 9.44. The summed E-state index contributed by atoms with van der Waals surface area (Å²) in [5.41, 5.74) is 0.569. The summed E-state index contributed by atoms with van der Waals surface area (Å²) < 4.78 is 10.6. The lowest BCUT2D eigenvalue weighted by Gasteiger charge is -2.60. The van der Waals surface area contributed by atoms with E-state index in [1.165, 1.54) is 33.1 Å². The summed E-state index contributed by atoms with van der Waals surface area (Å²) in [5.74, 6) is 1.58. The van der Waals surface area contributed by atoms with Gasteiger partial charge in [0.1, 0.15) is 0 Å². The minimum atomic E-state index is -0.498. The van der Waals surface area contributed by atoms with Gasteiger partial charge in [-0.25, -0.2) is 0 Å². The minimum absolute atomic E-state index is 0.119. The Balaban J connectivity index is 1.75. The molecule has 4 saturated carbocycles. The highest BCUT2D eigenvalue weighted by atomic mass is 16.6. The Labute approximate surface area is 177 Å². The van der Waals surface area contributed by atoms with Crippen molar-refractivity contribution in [3.63, 3.8) is 0 Å². The van der Waals surface area contributed by atoms with Gasteiger partial charge in [0.15, 0.2) is 11.5 Å². The molecule has 0 atom stereocenters. The molecule has 0 radical (unpaired) electrons. The molecule has 0 unspecified atom stereocenters. The second kappa shape index (κ2) is 8.05. The molecular weight excluding hydrogens is 382 g/mol. The summed E-state index contributed by atoms with van der Waals surface area (Å²) in [6.07, 6.45) is 8.27. The predicted octanol–water partition coefficient (Wildman–Crippen LogP) is 4.64. The number of amides is 1. The molecule has 5 rings (SSSR count). The Hall–Kier alpha value is -2.37. The molecule has 0 aliphatic heterocycles. The number of benzene rings is 1. The quantitative estimate of drug-likeness (QED) is 0.502. The van der Waals surface area contributed by atoms with Crippen molar-refractivity contribution < 1.29 is 23.9 Å². The van der Waals surface area contributed by atoms with Crippen molar-refractivity contribution in [3.05, 3.63) is 18.2 Å². The highest BCUT2D eigenvalue weighted by molar-refractivity contribution is 5.95. The number of hydrogen-bond donors (Lipinski definition) is 0. The van der Waals surface area contributed by atoms with Gasteiger partial charge in [0.2, 0.25) is 5.91 Å². The first-order valence-corrected chi connectivity index (χ1v) is 11.1. The van der Waals surface area contributed by atoms with Crippen molar-refractivity contribution in [2.24, 2.45) is 17.8 Å². The summed E-state index contributed by atoms with van der Waals surface area (Å²) >= 11 is 0. The first kappa shape index (κ1) is 20.9. The summed E-state index contributed by atoms with van der Waals surface area (Å²) in [4.78, 5) is 38.5. The van der Waals surface area contributed by atoms with Crippen LogP contribution in [0.1, 0.15) is 72.1 Å². The van der Waals surface area contributed by atoms with Gasteiger partial charge in [-0.05, 0) is 74.8 Å². The average Bonchev–Trinajstić information content (AvgIpc) is 2.62. The van der Waals surface area contributed by atoms with Crippen LogP contribution in [0.3, 0.4) is 0 Å². The van der Waals surface area contributed by atoms with Crippen LogP contribution in [0, 0.1) is 17.8 Å². The fourth-order valence-corrected chi connectivity index (χ4v) is 6.46. The second-order valence-corrected chi connectivity index (χ2v) is 9.44. The van der Waals surface area contributed by atoms with E-state index in [0.29, 0.717) is 24.2 Å². The monoisotopic (exact) mass is 413 g/mol. The van der Waals surface area contributed by atoms with Crippen molar-refractivity contribution in [2.45, 2.75) is 77.7 Å². The summed E-state index contributed by atoms with van der Waals surface area (Å²) in [6.45, 7) is 4.63. The average molecular weight is 414 g/mol. The van der Waals surface area contributed by atoms with Crippen molar-refractivity contribution in [2.75, 3.05) is 4.90 Å². The van der Waals surface area contributed by atoms with Gasteiger partial charge in [0.05, 0.1) is 0 Å². The summed E-state index contributed by atoms with van der Waals surface area (Å²) in [5, 5.41) is 0. The number of ether oxygens (including phenoxy) is 2. The zero-order valence-corrected chi connectivity index (χ0v) is 18.1. The number of carbonyl (C=O) groups excluding carboxylic acids is 3. The largest absolute Gasteiger partial charge is 0.423 e. The fourth-order valence-electron chi connectivity index (χ4n) is 6.46. The van der Waals surface area contributed by atoms with Crippen LogP contribution in [0.15, 0.2) is 18.2 Å². The van der Waals surface area contributed by atoms with E-state index < -0.39 is 11.9 Å². The number of rotatable bonds is 6. The minimum Gasteiger partial charge on any atom is -0.423 e. The van der Waals surface area contributed by atoms with Crippen LogP contribution in [0.5, 0.6) is 11.5 Å². The van der Waals surface area contributed by atoms with Crippen molar-refractivity contribution in [1.29, 1.82) is 0 Å². The van der Waals surface area contributed by atoms with Gasteiger partial charge in [-0.3, -0.25) is 14.4 Å². The molecule has 0 aromatic heterocycles.